The Bertz CT molecular complexity index is 4360. The Morgan fingerprint density at radius 1 is 0.410 bits per heavy atom. The van der Waals surface area contributed by atoms with Crippen molar-refractivity contribution in [3.63, 3.8) is 0 Å². The van der Waals surface area contributed by atoms with Gasteiger partial charge in [0.2, 0.25) is 0 Å². The average Bonchev–Trinajstić information content (AvgIpc) is 1.63. The molecule has 2 amide bonds. The number of thiocarbonyl (C=S) groups is 1. The maximum atomic E-state index is 12.2. The number of aliphatic hydroxyl groups is 10. The topological polar surface area (TPSA) is 497 Å². The molecule has 0 bridgehead atoms. The van der Waals surface area contributed by atoms with Crippen LogP contribution in [0.15, 0.2) is 95.5 Å². The number of amides is 2. The van der Waals surface area contributed by atoms with Gasteiger partial charge in [0, 0.05) is 79.7 Å². The Kier molecular flexibility index (Phi) is 39.9. The average molecular weight is 1840 g/mol. The van der Waals surface area contributed by atoms with Gasteiger partial charge in [-0.3, -0.25) is 53.7 Å². The van der Waals surface area contributed by atoms with Crippen molar-refractivity contribution in [2.45, 2.75) is 214 Å². The maximum absolute atomic E-state index is 12.2. The van der Waals surface area contributed by atoms with Crippen molar-refractivity contribution < 1.29 is 79.5 Å². The first-order valence-electron chi connectivity index (χ1n) is 41.1. The summed E-state index contributed by atoms with van der Waals surface area (Å²) in [6.45, 7) is 31.5. The highest BCUT2D eigenvalue weighted by atomic mass is 32.1. The molecule has 10 heterocycles. The van der Waals surface area contributed by atoms with E-state index >= 15 is 0 Å². The van der Waals surface area contributed by atoms with Crippen LogP contribution in [0.1, 0.15) is 107 Å². The molecular weight excluding hydrogens is 1690 g/mol. The van der Waals surface area contributed by atoms with Gasteiger partial charge in [-0.05, 0) is 181 Å². The van der Waals surface area contributed by atoms with Crippen LogP contribution in [0.3, 0.4) is 0 Å². The van der Waals surface area contributed by atoms with E-state index in [4.69, 9.17) is 35.9 Å². The lowest BCUT2D eigenvalue weighted by Gasteiger charge is -2.30. The first-order valence-corrected chi connectivity index (χ1v) is 56.8. The van der Waals surface area contributed by atoms with Crippen LogP contribution in [0.2, 0.25) is 0 Å². The van der Waals surface area contributed by atoms with Crippen LogP contribution in [0, 0.1) is 0 Å². The summed E-state index contributed by atoms with van der Waals surface area (Å²) in [7, 11) is 3.42. The molecule has 7 aliphatic heterocycles. The summed E-state index contributed by atoms with van der Waals surface area (Å²) >= 11 is 5.14. The maximum Gasteiger partial charge on any atom is 0.330 e. The zero-order valence-electron chi connectivity index (χ0n) is 73.6. The third-order valence-corrected chi connectivity index (χ3v) is 28.9. The van der Waals surface area contributed by atoms with Crippen LogP contribution in [-0.4, -0.2) is 367 Å². The summed E-state index contributed by atoms with van der Waals surface area (Å²) in [6.07, 6.45) is 20.7. The molecule has 0 spiro atoms. The zero-order valence-corrected chi connectivity index (χ0v) is 78.9. The van der Waals surface area contributed by atoms with Crippen molar-refractivity contribution >= 4 is 89.3 Å². The van der Waals surface area contributed by atoms with E-state index in [-0.39, 0.29) is 36.6 Å². The molecule has 0 unspecified atom stereocenters. The van der Waals surface area contributed by atoms with Gasteiger partial charge in [-0.1, -0.05) is 33.9 Å². The zero-order chi connectivity index (χ0) is 91.8. The van der Waals surface area contributed by atoms with Crippen molar-refractivity contribution in [1.29, 1.82) is 0 Å². The van der Waals surface area contributed by atoms with Crippen LogP contribution >= 0.6 is 46.6 Å². The Balaban J connectivity index is 0.000000237. The smallest absolute Gasteiger partial charge is 0.330 e. The highest BCUT2D eigenvalue weighted by molar-refractivity contribution is 7.80. The van der Waals surface area contributed by atoms with E-state index in [0.717, 1.165) is 74.3 Å². The second kappa shape index (κ2) is 46.1. The van der Waals surface area contributed by atoms with Gasteiger partial charge < -0.3 is 100 Å². The van der Waals surface area contributed by atoms with Gasteiger partial charge in [0.1, 0.15) is 85.5 Å². The summed E-state index contributed by atoms with van der Waals surface area (Å²) in [5.74, 6) is 0. The fourth-order valence-corrected chi connectivity index (χ4v) is 18.9. The minimum absolute atomic E-state index is 0.139. The number of rotatable bonds is 32. The number of H-pyrrole nitrogens is 3. The normalized spacial score (nSPS) is 28.7. The van der Waals surface area contributed by atoms with Crippen molar-refractivity contribution in [1.82, 2.24) is 65.0 Å². The molecule has 0 aliphatic carbocycles. The molecule has 0 radical (unpaired) electrons. The quantitative estimate of drug-likeness (QED) is 0.0232. The summed E-state index contributed by atoms with van der Waals surface area (Å²) < 4.78 is 33.0. The van der Waals surface area contributed by atoms with E-state index in [2.05, 4.69) is 153 Å². The molecule has 0 aromatic carbocycles. The number of ether oxygens (including phenoxy) is 5. The minimum Gasteiger partial charge on any atom is -0.388 e. The Hall–Kier alpha value is -5.26. The molecule has 20 atom stereocenters. The standard InChI is InChI=1S/3C17H30N3O5P.C15H25N2O4P.C15H25N2O3PS/c2*1-5-7-18-10-20-9-11(16(23)19-17(20)24)15-14(22)13(21)12(25-15)6-8-26(2,3)4;1-5-7-18-9-11-10-20(17(24)19-15(11)23)16-14(22)13(21)12(25-16)6-8-26(2,3)4;1-9-10(8-17(2)15(20)16-9)14-13(19)12(18)11(21-14)6-7-22(3,4)5;1-9-10(8-17(2)15(22)16-9)14-13(19)12(18)11(20-14)6-7-21(3,4)5/h2*9,12-15,18,21-22H,2,5-8,10H2,1,3-4H3,(H,19,23,24);10,12-14,16,18,21-22H,2,5-9H2,1,3-4H3,(H,19,23,24);8,11-14,18-19H,1,3,6-7H2,2,4-5H3,(H,16,20);8,11-14,18-19H,1,3,6-7H2,2,4-5H3,(H,16,22)/t2*12-,13-,14-,15+;12-,13-,14-,16-;2*11-,12-,13-,14+/m11111/s1. The third kappa shape index (κ3) is 30.7. The summed E-state index contributed by atoms with van der Waals surface area (Å²) in [6, 6.07) is -0.290. The van der Waals surface area contributed by atoms with Crippen LogP contribution in [0.25, 0.3) is 0 Å². The first kappa shape index (κ1) is 106. The fourth-order valence-electron chi connectivity index (χ4n) is 14.0. The first-order chi connectivity index (χ1) is 56.6. The monoisotopic (exact) mass is 1830 g/mol. The lowest BCUT2D eigenvalue weighted by Crippen LogP contribution is -2.42. The Morgan fingerprint density at radius 3 is 1.08 bits per heavy atom. The van der Waals surface area contributed by atoms with Crippen LogP contribution in [-0.2, 0) is 43.6 Å². The van der Waals surface area contributed by atoms with Gasteiger partial charge in [0.25, 0.3) is 16.7 Å². The number of hydrogen-bond donors (Lipinski definition) is 18. The molecule has 10 rings (SSSR count). The number of carbonyl (C=O) groups is 1. The van der Waals surface area contributed by atoms with Gasteiger partial charge in [-0.25, -0.2) is 19.2 Å². The van der Waals surface area contributed by atoms with Crippen molar-refractivity contribution in [2.24, 2.45) is 0 Å². The number of carbonyl (C=O) groups excluding carboxylic acids is 1. The van der Waals surface area contributed by atoms with Crippen molar-refractivity contribution in [3.8, 4) is 0 Å². The van der Waals surface area contributed by atoms with E-state index in [1.54, 1.807) is 24.3 Å². The molecule has 122 heavy (non-hydrogen) atoms. The third-order valence-electron chi connectivity index (χ3n) is 21.2. The second-order valence-corrected chi connectivity index (χ2v) is 57.7. The molecule has 3 aromatic heterocycles. The molecule has 5 saturated heterocycles. The molecule has 3 aromatic rings. The molecule has 7 aliphatic rings. The summed E-state index contributed by atoms with van der Waals surface area (Å²) in [4.78, 5) is 93.9. The highest BCUT2D eigenvalue weighted by Gasteiger charge is 2.50. The minimum atomic E-state index is -1.29. The summed E-state index contributed by atoms with van der Waals surface area (Å²) in [5, 5.41) is 118. The van der Waals surface area contributed by atoms with Gasteiger partial charge in [0.05, 0.1) is 55.0 Å². The predicted octanol–water partition coefficient (Wildman–Crippen LogP) is 0.684. The Morgan fingerprint density at radius 2 is 0.721 bits per heavy atom. The fraction of sp³-hybridized carbons (Fsp3) is 0.667. The molecule has 35 nitrogen and oxygen atoms in total. The number of hydrogen-bond acceptors (Lipinski definition) is 26. The van der Waals surface area contributed by atoms with Crippen LogP contribution in [0.5, 0.6) is 0 Å². The second-order valence-electron chi connectivity index (χ2n) is 35.7. The van der Waals surface area contributed by atoms with Crippen molar-refractivity contribution in [3.05, 3.63) is 146 Å². The van der Waals surface area contributed by atoms with E-state index in [1.165, 1.54) is 32.6 Å². The van der Waals surface area contributed by atoms with Gasteiger partial charge >= 0.3 is 23.1 Å². The van der Waals surface area contributed by atoms with E-state index in [1.807, 2.05) is 27.8 Å². The van der Waals surface area contributed by atoms with E-state index in [0.29, 0.717) is 71.9 Å². The Labute approximate surface area is 721 Å². The number of aromatic nitrogens is 6. The predicted molar refractivity (Wildman–Crippen MR) is 500 cm³/mol. The van der Waals surface area contributed by atoms with Gasteiger partial charge in [-0.2, -0.15) is 0 Å². The van der Waals surface area contributed by atoms with Gasteiger partial charge in [0.15, 0.2) is 11.3 Å². The SMILES string of the molecule is C=C1NC(=O)N(C)C=C1[C@@H]1O[C@H](CCP(=C)(C)C)[C@@H](O)[C@H]1O.C=C1NC(=S)N(C)C=C1[C@@H]1O[C@H](CCP(=C)(C)C)[C@@H](O)[C@H]1O.C=P(C)(C)CC[C@H]1O[C@@H](c2cn(CNCCC)c(=O)[nH]c2=O)[C@H](O)[C@@H]1O.C=P(C)(C)CC[C@H]1O[C@@H](c2cn(CNCCC)c(=O)[nH]c2=O)[C@H](O)[C@@H]1O.C=P(C)(C)CC[C@H]1O[C@@H](n2cc(CNCCC)c(=O)[nH]c2=O)[C@H](O)[C@@H]1O. The van der Waals surface area contributed by atoms with E-state index in [9.17, 15) is 84.6 Å². The molecule has 0 saturated carbocycles. The van der Waals surface area contributed by atoms with E-state index < -0.39 is 184 Å². The van der Waals surface area contributed by atoms with Crippen LogP contribution in [0.4, 0.5) is 4.79 Å². The molecule has 5 fully saturated rings. The number of aromatic amines is 3. The lowest BCUT2D eigenvalue weighted by atomic mass is 9.99. The lowest BCUT2D eigenvalue weighted by molar-refractivity contribution is -0.0404. The number of nitrogens with one attached hydrogen (secondary N) is 8. The molecule has 41 heteroatoms. The molecule has 18 N–H and O–H groups in total. The number of nitrogens with zero attached hydrogens (tertiary/aromatic N) is 5. The largest absolute Gasteiger partial charge is 0.388 e. The molecule has 692 valence electrons. The highest BCUT2D eigenvalue weighted by Crippen LogP contribution is 2.45. The van der Waals surface area contributed by atoms with Crippen molar-refractivity contribution in [2.75, 3.05) is 131 Å². The number of urea groups is 1. The number of aliphatic hydroxyl groups excluding tert-OH is 10. The summed E-state index contributed by atoms with van der Waals surface area (Å²) in [5.41, 5.74) is -0.473. The van der Waals surface area contributed by atoms with Gasteiger partial charge in [-0.15, -0.1) is 65.9 Å². The molecular formula is C81H140N13O22P5S. The van der Waals surface area contributed by atoms with Crippen LogP contribution < -0.4 is 60.3 Å².